The third-order valence-electron chi connectivity index (χ3n) is 0.940. The van der Waals surface area contributed by atoms with Crippen molar-refractivity contribution in [2.24, 2.45) is 0 Å². The van der Waals surface area contributed by atoms with E-state index < -0.39 is 0 Å². The van der Waals surface area contributed by atoms with E-state index in [0.29, 0.717) is 0 Å². The van der Waals surface area contributed by atoms with E-state index in [0.717, 1.165) is 5.16 Å². The number of nitrogens with zero attached hydrogens (tertiary/aromatic N) is 2. The highest BCUT2D eigenvalue weighted by atomic mass is 32.2. The highest BCUT2D eigenvalue weighted by Crippen LogP contribution is 2.28. The Balaban J connectivity index is 2.66. The van der Waals surface area contributed by atoms with Crippen molar-refractivity contribution in [2.45, 2.75) is 30.7 Å². The fraction of sp³-hybridized carbons (Fsp3) is 0.500. The summed E-state index contributed by atoms with van der Waals surface area (Å²) < 4.78 is 0.196. The summed E-state index contributed by atoms with van der Waals surface area (Å²) in [5, 5.41) is 0.847. The van der Waals surface area contributed by atoms with Gasteiger partial charge in [-0.2, -0.15) is 0 Å². The van der Waals surface area contributed by atoms with Crippen molar-refractivity contribution in [3.63, 3.8) is 0 Å². The molecule has 0 bridgehead atoms. The van der Waals surface area contributed by atoms with Crippen molar-refractivity contribution in [1.82, 2.24) is 9.97 Å². The van der Waals surface area contributed by atoms with Crippen LogP contribution in [0.25, 0.3) is 0 Å². The summed E-state index contributed by atoms with van der Waals surface area (Å²) in [4.78, 5) is 8.23. The van der Waals surface area contributed by atoms with E-state index in [1.54, 1.807) is 24.2 Å². The van der Waals surface area contributed by atoms with Gasteiger partial charge in [-0.25, -0.2) is 9.97 Å². The van der Waals surface area contributed by atoms with Crippen molar-refractivity contribution < 1.29 is 0 Å². The van der Waals surface area contributed by atoms with Gasteiger partial charge in [-0.15, -0.1) is 0 Å². The van der Waals surface area contributed by atoms with E-state index in [1.807, 2.05) is 6.07 Å². The molecule has 0 spiro atoms. The van der Waals surface area contributed by atoms with E-state index >= 15 is 0 Å². The Morgan fingerprint density at radius 2 is 1.73 bits per heavy atom. The maximum Gasteiger partial charge on any atom is 0.187 e. The van der Waals surface area contributed by atoms with Gasteiger partial charge in [-0.3, -0.25) is 0 Å². The Hall–Kier alpha value is -0.570. The van der Waals surface area contributed by atoms with Gasteiger partial charge >= 0.3 is 0 Å². The molecule has 60 valence electrons. The van der Waals surface area contributed by atoms with E-state index in [9.17, 15) is 0 Å². The van der Waals surface area contributed by atoms with Crippen LogP contribution >= 0.6 is 11.8 Å². The smallest absolute Gasteiger partial charge is 0.187 e. The highest BCUT2D eigenvalue weighted by molar-refractivity contribution is 8.00. The quantitative estimate of drug-likeness (QED) is 0.475. The van der Waals surface area contributed by atoms with E-state index in [2.05, 4.69) is 30.7 Å². The van der Waals surface area contributed by atoms with Crippen LogP contribution in [0.15, 0.2) is 23.6 Å². The topological polar surface area (TPSA) is 25.8 Å². The summed E-state index contributed by atoms with van der Waals surface area (Å²) in [5.41, 5.74) is 0. The Labute approximate surface area is 71.5 Å². The van der Waals surface area contributed by atoms with Crippen molar-refractivity contribution in [3.05, 3.63) is 18.5 Å². The molecule has 2 nitrogen and oxygen atoms in total. The van der Waals surface area contributed by atoms with Crippen LogP contribution in [-0.2, 0) is 0 Å². The molecule has 3 heteroatoms. The van der Waals surface area contributed by atoms with Crippen LogP contribution in [0.4, 0.5) is 0 Å². The lowest BCUT2D eigenvalue weighted by molar-refractivity contribution is 0.791. The van der Waals surface area contributed by atoms with Crippen LogP contribution in [-0.4, -0.2) is 14.7 Å². The average Bonchev–Trinajstić information content (AvgIpc) is 1.85. The monoisotopic (exact) mass is 168 g/mol. The van der Waals surface area contributed by atoms with Gasteiger partial charge in [0, 0.05) is 17.1 Å². The van der Waals surface area contributed by atoms with Gasteiger partial charge in [0.05, 0.1) is 0 Å². The van der Waals surface area contributed by atoms with Gasteiger partial charge in [0.25, 0.3) is 0 Å². The molecular formula is C8H12N2S. The maximum atomic E-state index is 4.12. The number of hydrogen-bond acceptors (Lipinski definition) is 3. The molecule has 0 saturated carbocycles. The van der Waals surface area contributed by atoms with Crippen molar-refractivity contribution in [3.8, 4) is 0 Å². The SMILES string of the molecule is CC(C)(C)Sc1ncccn1. The van der Waals surface area contributed by atoms with Gasteiger partial charge in [0.15, 0.2) is 5.16 Å². The van der Waals surface area contributed by atoms with Crippen LogP contribution in [0.5, 0.6) is 0 Å². The molecule has 0 fully saturated rings. The molecule has 0 aromatic carbocycles. The van der Waals surface area contributed by atoms with Gasteiger partial charge in [-0.05, 0) is 6.07 Å². The predicted molar refractivity (Wildman–Crippen MR) is 47.6 cm³/mol. The molecule has 0 aliphatic heterocycles. The van der Waals surface area contributed by atoms with Crippen molar-refractivity contribution in [1.29, 1.82) is 0 Å². The molecule has 0 unspecified atom stereocenters. The molecule has 0 aliphatic carbocycles. The fourth-order valence-corrected chi connectivity index (χ4v) is 1.39. The number of hydrogen-bond donors (Lipinski definition) is 0. The Bertz CT molecular complexity index is 215. The van der Waals surface area contributed by atoms with Crippen LogP contribution in [0, 0.1) is 0 Å². The first-order valence-corrected chi connectivity index (χ1v) is 4.36. The summed E-state index contributed by atoms with van der Waals surface area (Å²) in [6.07, 6.45) is 3.53. The summed E-state index contributed by atoms with van der Waals surface area (Å²) >= 11 is 1.68. The lowest BCUT2D eigenvalue weighted by atomic mass is 10.3. The molecule has 1 aromatic heterocycles. The minimum atomic E-state index is 0.196. The molecular weight excluding hydrogens is 156 g/mol. The van der Waals surface area contributed by atoms with Crippen molar-refractivity contribution >= 4 is 11.8 Å². The first-order chi connectivity index (χ1) is 5.08. The zero-order valence-electron chi connectivity index (χ0n) is 7.03. The number of thioether (sulfide) groups is 1. The summed E-state index contributed by atoms with van der Waals surface area (Å²) in [7, 11) is 0. The first kappa shape index (κ1) is 8.53. The van der Waals surface area contributed by atoms with Crippen molar-refractivity contribution in [2.75, 3.05) is 0 Å². The molecule has 1 aromatic rings. The van der Waals surface area contributed by atoms with Gasteiger partial charge < -0.3 is 0 Å². The molecule has 0 N–H and O–H groups in total. The van der Waals surface area contributed by atoms with Crippen LogP contribution in [0.1, 0.15) is 20.8 Å². The summed E-state index contributed by atoms with van der Waals surface area (Å²) in [6, 6.07) is 1.83. The molecule has 1 heterocycles. The standard InChI is InChI=1S/C8H12N2S/c1-8(2,3)11-7-9-5-4-6-10-7/h4-6H,1-3H3. The van der Waals surface area contributed by atoms with Crippen LogP contribution < -0.4 is 0 Å². The third-order valence-corrected chi connectivity index (χ3v) is 1.95. The van der Waals surface area contributed by atoms with Gasteiger partial charge in [-0.1, -0.05) is 32.5 Å². The molecule has 0 saturated heterocycles. The average molecular weight is 168 g/mol. The number of aromatic nitrogens is 2. The highest BCUT2D eigenvalue weighted by Gasteiger charge is 2.12. The largest absolute Gasteiger partial charge is 0.231 e. The molecule has 0 radical (unpaired) electrons. The zero-order valence-corrected chi connectivity index (χ0v) is 7.85. The first-order valence-electron chi connectivity index (χ1n) is 3.54. The van der Waals surface area contributed by atoms with E-state index in [-0.39, 0.29) is 4.75 Å². The maximum absolute atomic E-state index is 4.12. The predicted octanol–water partition coefficient (Wildman–Crippen LogP) is 2.37. The molecule has 0 amide bonds. The fourth-order valence-electron chi connectivity index (χ4n) is 0.612. The zero-order chi connectivity index (χ0) is 8.32. The minimum absolute atomic E-state index is 0.196. The summed E-state index contributed by atoms with van der Waals surface area (Å²) in [6.45, 7) is 6.44. The molecule has 0 aliphatic rings. The van der Waals surface area contributed by atoms with Crippen LogP contribution in [0.3, 0.4) is 0 Å². The molecule has 0 atom stereocenters. The second kappa shape index (κ2) is 3.22. The van der Waals surface area contributed by atoms with E-state index in [1.165, 1.54) is 0 Å². The molecule has 11 heavy (non-hydrogen) atoms. The second-order valence-corrected chi connectivity index (χ2v) is 5.04. The lowest BCUT2D eigenvalue weighted by Gasteiger charge is -2.14. The van der Waals surface area contributed by atoms with Gasteiger partial charge in [0.2, 0.25) is 0 Å². The van der Waals surface area contributed by atoms with Gasteiger partial charge in [0.1, 0.15) is 0 Å². The minimum Gasteiger partial charge on any atom is -0.231 e. The molecule has 1 rings (SSSR count). The third kappa shape index (κ3) is 3.37. The number of rotatable bonds is 1. The van der Waals surface area contributed by atoms with E-state index in [4.69, 9.17) is 0 Å². The lowest BCUT2D eigenvalue weighted by Crippen LogP contribution is -2.07. The normalized spacial score (nSPS) is 11.5. The summed E-state index contributed by atoms with van der Waals surface area (Å²) in [5.74, 6) is 0. The van der Waals surface area contributed by atoms with Crippen LogP contribution in [0.2, 0.25) is 0 Å². The second-order valence-electron chi connectivity index (χ2n) is 3.25. The Morgan fingerprint density at radius 1 is 1.18 bits per heavy atom. The Kier molecular flexibility index (Phi) is 2.49. The Morgan fingerprint density at radius 3 is 2.18 bits per heavy atom.